The first-order chi connectivity index (χ1) is 6.54. The summed E-state index contributed by atoms with van der Waals surface area (Å²) in [5.74, 6) is 0.115. The number of hydrogen-bond acceptors (Lipinski definition) is 3. The molecule has 0 aromatic carbocycles. The van der Waals surface area contributed by atoms with E-state index in [0.29, 0.717) is 11.6 Å². The fraction of sp³-hybridized carbons (Fsp3) is 0.500. The third kappa shape index (κ3) is 2.38. The topological polar surface area (TPSA) is 76.4 Å². The lowest BCUT2D eigenvalue weighted by Gasteiger charge is -2.08. The van der Waals surface area contributed by atoms with E-state index >= 15 is 0 Å². The summed E-state index contributed by atoms with van der Waals surface area (Å²) in [4.78, 5) is 0. The van der Waals surface area contributed by atoms with Crippen molar-refractivity contribution in [2.45, 2.75) is 20.4 Å². The highest BCUT2D eigenvalue weighted by Crippen LogP contribution is 2.13. The minimum absolute atomic E-state index is 0.0737. The number of amidine groups is 1. The normalized spacial score (nSPS) is 14.4. The summed E-state index contributed by atoms with van der Waals surface area (Å²) in [5, 5.41) is 16.2. The van der Waals surface area contributed by atoms with Crippen LogP contribution in [-0.4, -0.2) is 20.8 Å². The highest BCUT2D eigenvalue weighted by Gasteiger charge is 2.10. The summed E-state index contributed by atoms with van der Waals surface area (Å²) in [6.45, 7) is 4.22. The van der Waals surface area contributed by atoms with Gasteiger partial charge in [-0.3, -0.25) is 4.68 Å². The van der Waals surface area contributed by atoms with E-state index in [1.807, 2.05) is 13.8 Å². The lowest BCUT2D eigenvalue weighted by atomic mass is 10.1. The van der Waals surface area contributed by atoms with E-state index < -0.39 is 0 Å². The Balaban J connectivity index is 2.69. The van der Waals surface area contributed by atoms with Gasteiger partial charge in [-0.25, -0.2) is 0 Å². The second-order valence-electron chi connectivity index (χ2n) is 3.21. The second-order valence-corrected chi connectivity index (χ2v) is 3.62. The minimum Gasteiger partial charge on any atom is -0.409 e. The first kappa shape index (κ1) is 10.8. The van der Waals surface area contributed by atoms with Gasteiger partial charge in [0.1, 0.15) is 5.84 Å². The molecule has 1 aromatic heterocycles. The van der Waals surface area contributed by atoms with Crippen molar-refractivity contribution >= 4 is 17.4 Å². The maximum atomic E-state index is 8.45. The van der Waals surface area contributed by atoms with Crippen LogP contribution < -0.4 is 5.73 Å². The van der Waals surface area contributed by atoms with Crippen LogP contribution in [0.1, 0.15) is 12.6 Å². The Bertz CT molecular complexity index is 328. The lowest BCUT2D eigenvalue weighted by molar-refractivity contribution is 0.313. The molecule has 14 heavy (non-hydrogen) atoms. The van der Waals surface area contributed by atoms with Crippen molar-refractivity contribution in [3.8, 4) is 0 Å². The van der Waals surface area contributed by atoms with E-state index in [-0.39, 0.29) is 11.8 Å². The average molecular weight is 217 g/mol. The molecule has 0 aliphatic rings. The molecule has 0 fully saturated rings. The van der Waals surface area contributed by atoms with Crippen molar-refractivity contribution < 1.29 is 5.21 Å². The Labute approximate surface area is 87.2 Å². The molecule has 0 aliphatic carbocycles. The Morgan fingerprint density at radius 2 is 2.50 bits per heavy atom. The summed E-state index contributed by atoms with van der Waals surface area (Å²) in [7, 11) is 0. The summed E-state index contributed by atoms with van der Waals surface area (Å²) in [6, 6.07) is 0. The monoisotopic (exact) mass is 216 g/mol. The molecule has 0 bridgehead atoms. The number of rotatable bonds is 3. The molecule has 0 radical (unpaired) electrons. The smallest absolute Gasteiger partial charge is 0.143 e. The first-order valence-electron chi connectivity index (χ1n) is 4.21. The lowest BCUT2D eigenvalue weighted by Crippen LogP contribution is -2.25. The second kappa shape index (κ2) is 4.32. The molecule has 1 aromatic rings. The molecule has 1 rings (SSSR count). The number of nitrogens with two attached hydrogens (primary N) is 1. The molecule has 1 unspecified atom stereocenters. The Hall–Kier alpha value is -1.23. The van der Waals surface area contributed by atoms with Crippen molar-refractivity contribution in [3.05, 3.63) is 16.9 Å². The maximum Gasteiger partial charge on any atom is 0.143 e. The molecular weight excluding hydrogens is 204 g/mol. The molecule has 78 valence electrons. The van der Waals surface area contributed by atoms with Crippen LogP contribution >= 0.6 is 11.6 Å². The van der Waals surface area contributed by atoms with Gasteiger partial charge in [0.2, 0.25) is 0 Å². The predicted molar refractivity (Wildman–Crippen MR) is 54.5 cm³/mol. The van der Waals surface area contributed by atoms with Gasteiger partial charge in [-0.05, 0) is 6.92 Å². The maximum absolute atomic E-state index is 8.45. The van der Waals surface area contributed by atoms with E-state index in [2.05, 4.69) is 10.3 Å². The molecular formula is C8H13ClN4O. The van der Waals surface area contributed by atoms with Crippen molar-refractivity contribution in [1.29, 1.82) is 0 Å². The fourth-order valence-corrected chi connectivity index (χ4v) is 1.21. The van der Waals surface area contributed by atoms with Crippen molar-refractivity contribution in [1.82, 2.24) is 9.78 Å². The first-order valence-corrected chi connectivity index (χ1v) is 4.59. The van der Waals surface area contributed by atoms with Crippen LogP contribution in [0.2, 0.25) is 5.02 Å². The number of aromatic nitrogens is 2. The summed E-state index contributed by atoms with van der Waals surface area (Å²) in [6.07, 6.45) is 1.72. The molecule has 1 atom stereocenters. The predicted octanol–water partition coefficient (Wildman–Crippen LogP) is 1.23. The van der Waals surface area contributed by atoms with Gasteiger partial charge in [0.05, 0.1) is 17.3 Å². The van der Waals surface area contributed by atoms with E-state index in [1.54, 1.807) is 10.9 Å². The molecule has 0 amide bonds. The summed E-state index contributed by atoms with van der Waals surface area (Å²) < 4.78 is 1.68. The fourth-order valence-electron chi connectivity index (χ4n) is 1.06. The van der Waals surface area contributed by atoms with Gasteiger partial charge in [-0.2, -0.15) is 5.10 Å². The van der Waals surface area contributed by atoms with E-state index in [9.17, 15) is 0 Å². The Morgan fingerprint density at radius 3 is 2.93 bits per heavy atom. The number of hydrogen-bond donors (Lipinski definition) is 2. The molecule has 0 spiro atoms. The number of halogens is 1. The molecule has 5 nitrogen and oxygen atoms in total. The SMILES string of the molecule is Cc1nn(CC(C)/C(N)=N\O)cc1Cl. The average Bonchev–Trinajstić information content (AvgIpc) is 2.44. The van der Waals surface area contributed by atoms with Crippen LogP contribution in [0.5, 0.6) is 0 Å². The van der Waals surface area contributed by atoms with Crippen LogP contribution in [0.15, 0.2) is 11.4 Å². The number of nitrogens with zero attached hydrogens (tertiary/aromatic N) is 3. The highest BCUT2D eigenvalue weighted by atomic mass is 35.5. The molecule has 0 saturated heterocycles. The van der Waals surface area contributed by atoms with E-state index in [1.165, 1.54) is 0 Å². The Morgan fingerprint density at radius 1 is 1.86 bits per heavy atom. The third-order valence-corrected chi connectivity index (χ3v) is 2.34. The van der Waals surface area contributed by atoms with Gasteiger partial charge >= 0.3 is 0 Å². The van der Waals surface area contributed by atoms with Crippen LogP contribution in [0.3, 0.4) is 0 Å². The van der Waals surface area contributed by atoms with Gasteiger partial charge in [0.25, 0.3) is 0 Å². The standard InChI is InChI=1S/C8H13ClN4O/c1-5(8(10)12-14)3-13-4-7(9)6(2)11-13/h4-5,14H,3H2,1-2H3,(H2,10,12). The summed E-state index contributed by atoms with van der Waals surface area (Å²) >= 11 is 5.83. The van der Waals surface area contributed by atoms with Crippen LogP contribution in [-0.2, 0) is 6.54 Å². The summed E-state index contributed by atoms with van der Waals surface area (Å²) in [5.41, 5.74) is 6.21. The van der Waals surface area contributed by atoms with E-state index in [0.717, 1.165) is 5.69 Å². The number of aryl methyl sites for hydroxylation is 1. The van der Waals surface area contributed by atoms with Crippen LogP contribution in [0.25, 0.3) is 0 Å². The highest BCUT2D eigenvalue weighted by molar-refractivity contribution is 6.31. The minimum atomic E-state index is -0.0737. The van der Waals surface area contributed by atoms with Crippen LogP contribution in [0.4, 0.5) is 0 Å². The van der Waals surface area contributed by atoms with E-state index in [4.69, 9.17) is 22.5 Å². The molecule has 1 heterocycles. The molecule has 6 heteroatoms. The Kier molecular flexibility index (Phi) is 3.35. The zero-order chi connectivity index (χ0) is 10.7. The molecule has 3 N–H and O–H groups in total. The van der Waals surface area contributed by atoms with Crippen molar-refractivity contribution in [3.63, 3.8) is 0 Å². The van der Waals surface area contributed by atoms with Gasteiger partial charge in [-0.1, -0.05) is 23.7 Å². The van der Waals surface area contributed by atoms with Gasteiger partial charge in [0, 0.05) is 12.1 Å². The quantitative estimate of drug-likeness (QED) is 0.345. The van der Waals surface area contributed by atoms with Crippen LogP contribution in [0, 0.1) is 12.8 Å². The molecule has 0 aliphatic heterocycles. The molecule has 0 saturated carbocycles. The zero-order valence-corrected chi connectivity index (χ0v) is 8.86. The largest absolute Gasteiger partial charge is 0.409 e. The third-order valence-electron chi connectivity index (χ3n) is 1.97. The van der Waals surface area contributed by atoms with Gasteiger partial charge in [0.15, 0.2) is 0 Å². The van der Waals surface area contributed by atoms with Gasteiger partial charge < -0.3 is 10.9 Å². The van der Waals surface area contributed by atoms with Crippen molar-refractivity contribution in [2.75, 3.05) is 0 Å². The zero-order valence-electron chi connectivity index (χ0n) is 8.11. The van der Waals surface area contributed by atoms with Gasteiger partial charge in [-0.15, -0.1) is 0 Å². The number of oxime groups is 1. The van der Waals surface area contributed by atoms with Crippen molar-refractivity contribution in [2.24, 2.45) is 16.8 Å².